The molecule has 2 atom stereocenters. The SMILES string of the molecule is CC1[CH+]C(O)=C2OCCCC21. The summed E-state index contributed by atoms with van der Waals surface area (Å²) in [7, 11) is 0. The molecule has 0 spiro atoms. The molecule has 0 radical (unpaired) electrons. The molecule has 0 aromatic rings. The Morgan fingerprint density at radius 2 is 2.45 bits per heavy atom. The summed E-state index contributed by atoms with van der Waals surface area (Å²) in [5.74, 6) is 2.14. The van der Waals surface area contributed by atoms with Crippen LogP contribution in [0.15, 0.2) is 11.5 Å². The van der Waals surface area contributed by atoms with Crippen LogP contribution < -0.4 is 0 Å². The summed E-state index contributed by atoms with van der Waals surface area (Å²) in [4.78, 5) is 0. The summed E-state index contributed by atoms with van der Waals surface area (Å²) in [5, 5.41) is 9.39. The third-order valence-corrected chi connectivity index (χ3v) is 2.56. The van der Waals surface area contributed by atoms with E-state index in [0.717, 1.165) is 25.2 Å². The monoisotopic (exact) mass is 153 g/mol. The highest BCUT2D eigenvalue weighted by atomic mass is 16.5. The van der Waals surface area contributed by atoms with Crippen molar-refractivity contribution in [1.29, 1.82) is 0 Å². The molecule has 0 bridgehead atoms. The maximum absolute atomic E-state index is 9.39. The van der Waals surface area contributed by atoms with Gasteiger partial charge in [-0.15, -0.1) is 0 Å². The van der Waals surface area contributed by atoms with E-state index in [1.165, 1.54) is 0 Å². The number of hydrogen-bond donors (Lipinski definition) is 1. The molecular formula is C9H13O2+. The van der Waals surface area contributed by atoms with Gasteiger partial charge in [-0.3, -0.25) is 0 Å². The Bertz CT molecular complexity index is 196. The average Bonchev–Trinajstić information content (AvgIpc) is 2.30. The van der Waals surface area contributed by atoms with Crippen LogP contribution in [0.3, 0.4) is 0 Å². The number of hydrogen-bond acceptors (Lipinski definition) is 2. The topological polar surface area (TPSA) is 29.5 Å². The molecule has 2 unspecified atom stereocenters. The number of rotatable bonds is 0. The predicted octanol–water partition coefficient (Wildman–Crippen LogP) is 2.04. The van der Waals surface area contributed by atoms with Gasteiger partial charge in [-0.1, -0.05) is 0 Å². The lowest BCUT2D eigenvalue weighted by Gasteiger charge is -2.16. The number of aliphatic hydroxyl groups is 1. The minimum absolute atomic E-state index is 0.377. The second kappa shape index (κ2) is 2.36. The van der Waals surface area contributed by atoms with Gasteiger partial charge in [0, 0.05) is 0 Å². The molecule has 60 valence electrons. The minimum atomic E-state index is 0.377. The molecular weight excluding hydrogens is 140 g/mol. The summed E-state index contributed by atoms with van der Waals surface area (Å²) in [5.41, 5.74) is 0. The summed E-state index contributed by atoms with van der Waals surface area (Å²) >= 11 is 0. The smallest absolute Gasteiger partial charge is 0.318 e. The van der Waals surface area contributed by atoms with Crippen molar-refractivity contribution >= 4 is 0 Å². The van der Waals surface area contributed by atoms with Crippen LogP contribution in [-0.4, -0.2) is 11.7 Å². The van der Waals surface area contributed by atoms with Crippen molar-refractivity contribution in [2.24, 2.45) is 11.8 Å². The third-order valence-electron chi connectivity index (χ3n) is 2.56. The highest BCUT2D eigenvalue weighted by molar-refractivity contribution is 5.24. The summed E-state index contributed by atoms with van der Waals surface area (Å²) in [6.07, 6.45) is 4.18. The lowest BCUT2D eigenvalue weighted by molar-refractivity contribution is 0.114. The Labute approximate surface area is 66.9 Å². The van der Waals surface area contributed by atoms with Crippen LogP contribution in [0.4, 0.5) is 0 Å². The molecule has 0 aromatic heterocycles. The molecule has 0 saturated carbocycles. The van der Waals surface area contributed by atoms with Crippen molar-refractivity contribution < 1.29 is 9.84 Å². The van der Waals surface area contributed by atoms with Crippen molar-refractivity contribution in [1.82, 2.24) is 0 Å². The van der Waals surface area contributed by atoms with Gasteiger partial charge >= 0.3 is 5.76 Å². The van der Waals surface area contributed by atoms with Crippen molar-refractivity contribution in [2.75, 3.05) is 6.61 Å². The first-order valence-corrected chi connectivity index (χ1v) is 4.20. The molecule has 0 amide bonds. The van der Waals surface area contributed by atoms with Crippen molar-refractivity contribution in [3.05, 3.63) is 17.9 Å². The number of allylic oxidation sites excluding steroid dienone is 2. The second-order valence-electron chi connectivity index (χ2n) is 3.37. The first-order valence-electron chi connectivity index (χ1n) is 4.20. The number of aliphatic hydroxyl groups excluding tert-OH is 1. The van der Waals surface area contributed by atoms with Crippen LogP contribution in [0.5, 0.6) is 0 Å². The van der Waals surface area contributed by atoms with E-state index in [1.54, 1.807) is 0 Å². The van der Waals surface area contributed by atoms with E-state index in [2.05, 4.69) is 6.92 Å². The first-order chi connectivity index (χ1) is 5.29. The predicted molar refractivity (Wildman–Crippen MR) is 41.8 cm³/mol. The van der Waals surface area contributed by atoms with E-state index in [0.29, 0.717) is 17.6 Å². The van der Waals surface area contributed by atoms with E-state index in [-0.39, 0.29) is 0 Å². The van der Waals surface area contributed by atoms with Gasteiger partial charge in [-0.05, 0) is 19.8 Å². The quantitative estimate of drug-likeness (QED) is 0.539. The van der Waals surface area contributed by atoms with Crippen molar-refractivity contribution in [3.8, 4) is 0 Å². The van der Waals surface area contributed by atoms with Gasteiger partial charge in [0.15, 0.2) is 0 Å². The molecule has 1 N–H and O–H groups in total. The molecule has 1 fully saturated rings. The Balaban J connectivity index is 2.21. The Hall–Kier alpha value is -0.790. The Kier molecular flexibility index (Phi) is 1.48. The highest BCUT2D eigenvalue weighted by Crippen LogP contribution is 2.40. The fraction of sp³-hybridized carbons (Fsp3) is 0.667. The third kappa shape index (κ3) is 0.971. The normalized spacial score (nSPS) is 36.1. The van der Waals surface area contributed by atoms with Crippen LogP contribution in [0, 0.1) is 18.3 Å². The number of fused-ring (bicyclic) bond motifs is 1. The standard InChI is InChI=1S/C9H12O2/c1-6-5-8(10)9-7(6)3-2-4-11-9/h5-7H,2-4H2,1H3/p+1. The Morgan fingerprint density at radius 1 is 1.64 bits per heavy atom. The van der Waals surface area contributed by atoms with Gasteiger partial charge in [0.25, 0.3) is 5.76 Å². The van der Waals surface area contributed by atoms with Crippen molar-refractivity contribution in [2.45, 2.75) is 19.8 Å². The molecule has 11 heavy (non-hydrogen) atoms. The maximum atomic E-state index is 9.39. The molecule has 1 heterocycles. The zero-order chi connectivity index (χ0) is 7.84. The van der Waals surface area contributed by atoms with Gasteiger partial charge < -0.3 is 9.84 Å². The molecule has 1 saturated heterocycles. The van der Waals surface area contributed by atoms with Crippen LogP contribution in [0.1, 0.15) is 19.8 Å². The fourth-order valence-electron chi connectivity index (χ4n) is 1.94. The van der Waals surface area contributed by atoms with Crippen LogP contribution in [0.25, 0.3) is 0 Å². The van der Waals surface area contributed by atoms with Crippen LogP contribution >= 0.6 is 0 Å². The molecule has 2 nitrogen and oxygen atoms in total. The maximum Gasteiger partial charge on any atom is 0.318 e. The first kappa shape index (κ1) is 6.89. The van der Waals surface area contributed by atoms with Crippen LogP contribution in [0.2, 0.25) is 0 Å². The van der Waals surface area contributed by atoms with Crippen molar-refractivity contribution in [3.63, 3.8) is 0 Å². The summed E-state index contributed by atoms with van der Waals surface area (Å²) in [6.45, 7) is 2.90. The fourth-order valence-corrected chi connectivity index (χ4v) is 1.94. The Morgan fingerprint density at radius 3 is 3.18 bits per heavy atom. The second-order valence-corrected chi connectivity index (χ2v) is 3.37. The molecule has 2 rings (SSSR count). The molecule has 1 aliphatic heterocycles. The van der Waals surface area contributed by atoms with Gasteiger partial charge in [0.1, 0.15) is 12.5 Å². The lowest BCUT2D eigenvalue weighted by Crippen LogP contribution is -2.16. The van der Waals surface area contributed by atoms with Gasteiger partial charge in [-0.2, -0.15) is 0 Å². The van der Waals surface area contributed by atoms with Gasteiger partial charge in [0.05, 0.1) is 12.3 Å². The van der Waals surface area contributed by atoms with E-state index in [1.807, 2.05) is 6.42 Å². The molecule has 1 aliphatic carbocycles. The van der Waals surface area contributed by atoms with Gasteiger partial charge in [-0.25, -0.2) is 0 Å². The number of ether oxygens (including phenoxy) is 1. The average molecular weight is 153 g/mol. The summed E-state index contributed by atoms with van der Waals surface area (Å²) < 4.78 is 5.38. The van der Waals surface area contributed by atoms with E-state index in [9.17, 15) is 5.11 Å². The zero-order valence-corrected chi connectivity index (χ0v) is 6.71. The highest BCUT2D eigenvalue weighted by Gasteiger charge is 2.45. The minimum Gasteiger partial charge on any atom is -0.475 e. The van der Waals surface area contributed by atoms with E-state index >= 15 is 0 Å². The molecule has 2 aliphatic rings. The lowest BCUT2D eigenvalue weighted by atomic mass is 9.91. The van der Waals surface area contributed by atoms with Crippen LogP contribution in [-0.2, 0) is 4.74 Å². The van der Waals surface area contributed by atoms with Gasteiger partial charge in [0.2, 0.25) is 0 Å². The van der Waals surface area contributed by atoms with E-state index in [4.69, 9.17) is 4.74 Å². The zero-order valence-electron chi connectivity index (χ0n) is 6.71. The van der Waals surface area contributed by atoms with E-state index < -0.39 is 0 Å². The summed E-state index contributed by atoms with van der Waals surface area (Å²) in [6, 6.07) is 0. The molecule has 2 heteroatoms. The molecule has 0 aromatic carbocycles. The largest absolute Gasteiger partial charge is 0.475 e.